The van der Waals surface area contributed by atoms with Gasteiger partial charge in [-0.3, -0.25) is 9.78 Å². The lowest BCUT2D eigenvalue weighted by atomic mass is 9.94. The van der Waals surface area contributed by atoms with Crippen molar-refractivity contribution in [1.29, 1.82) is 0 Å². The number of nitrogens with zero attached hydrogens (tertiary/aromatic N) is 1. The summed E-state index contributed by atoms with van der Waals surface area (Å²) in [6.45, 7) is 4.81. The summed E-state index contributed by atoms with van der Waals surface area (Å²) in [5.41, 5.74) is 4.93. The Morgan fingerprint density at radius 1 is 1.40 bits per heavy atom. The number of rotatable bonds is 10. The molecular formula is C15H25N3OS. The Kier molecular flexibility index (Phi) is 7.62. The SMILES string of the molecule is CCCNC(C)(CCCCSc1ccncc1)C(N)=O. The zero-order valence-corrected chi connectivity index (χ0v) is 13.2. The average molecular weight is 295 g/mol. The molecule has 0 saturated carbocycles. The van der Waals surface area contributed by atoms with Crippen LogP contribution in [0.2, 0.25) is 0 Å². The number of thioether (sulfide) groups is 1. The van der Waals surface area contributed by atoms with Gasteiger partial charge in [0.2, 0.25) is 5.91 Å². The molecule has 4 nitrogen and oxygen atoms in total. The Morgan fingerprint density at radius 3 is 2.70 bits per heavy atom. The molecule has 1 amide bonds. The molecule has 3 N–H and O–H groups in total. The zero-order chi connectivity index (χ0) is 14.8. The zero-order valence-electron chi connectivity index (χ0n) is 12.4. The van der Waals surface area contributed by atoms with Gasteiger partial charge in [0.25, 0.3) is 0 Å². The van der Waals surface area contributed by atoms with Crippen molar-refractivity contribution < 1.29 is 4.79 Å². The van der Waals surface area contributed by atoms with Crippen molar-refractivity contribution in [2.75, 3.05) is 12.3 Å². The maximum Gasteiger partial charge on any atom is 0.237 e. The molecule has 1 heterocycles. The number of hydrogen-bond donors (Lipinski definition) is 2. The summed E-state index contributed by atoms with van der Waals surface area (Å²) in [7, 11) is 0. The van der Waals surface area contributed by atoms with Crippen molar-refractivity contribution in [2.24, 2.45) is 5.73 Å². The van der Waals surface area contributed by atoms with Crippen LogP contribution in [0.3, 0.4) is 0 Å². The van der Waals surface area contributed by atoms with Crippen LogP contribution in [0.1, 0.15) is 39.5 Å². The largest absolute Gasteiger partial charge is 0.368 e. The van der Waals surface area contributed by atoms with E-state index in [-0.39, 0.29) is 5.91 Å². The summed E-state index contributed by atoms with van der Waals surface area (Å²) in [5.74, 6) is 0.792. The number of carbonyl (C=O) groups excluding carboxylic acids is 1. The van der Waals surface area contributed by atoms with Crippen LogP contribution < -0.4 is 11.1 Å². The molecule has 5 heteroatoms. The summed E-state index contributed by atoms with van der Waals surface area (Å²) >= 11 is 1.82. The number of amides is 1. The lowest BCUT2D eigenvalue weighted by molar-refractivity contribution is -0.124. The first-order valence-electron chi connectivity index (χ1n) is 7.16. The molecule has 0 aromatic carbocycles. The second-order valence-electron chi connectivity index (χ2n) is 5.11. The van der Waals surface area contributed by atoms with Gasteiger partial charge in [-0.2, -0.15) is 0 Å². The van der Waals surface area contributed by atoms with Crippen molar-refractivity contribution in [3.8, 4) is 0 Å². The average Bonchev–Trinajstić information content (AvgIpc) is 2.45. The molecule has 1 rings (SSSR count). The Morgan fingerprint density at radius 2 is 2.10 bits per heavy atom. The van der Waals surface area contributed by atoms with Crippen LogP contribution in [0.4, 0.5) is 0 Å². The number of pyridine rings is 1. The molecule has 0 aliphatic carbocycles. The van der Waals surface area contributed by atoms with Crippen molar-refractivity contribution in [3.63, 3.8) is 0 Å². The first-order chi connectivity index (χ1) is 9.58. The Hall–Kier alpha value is -1.07. The highest BCUT2D eigenvalue weighted by molar-refractivity contribution is 7.99. The summed E-state index contributed by atoms with van der Waals surface area (Å²) in [5, 5.41) is 3.26. The molecule has 112 valence electrons. The van der Waals surface area contributed by atoms with Gasteiger partial charge in [0.15, 0.2) is 0 Å². The fraction of sp³-hybridized carbons (Fsp3) is 0.600. The lowest BCUT2D eigenvalue weighted by Crippen LogP contribution is -2.53. The predicted octanol–water partition coefficient (Wildman–Crippen LogP) is 2.59. The molecule has 0 fully saturated rings. The van der Waals surface area contributed by atoms with Crippen LogP contribution in [0.5, 0.6) is 0 Å². The summed E-state index contributed by atoms with van der Waals surface area (Å²) in [4.78, 5) is 16.8. The predicted molar refractivity (Wildman–Crippen MR) is 84.7 cm³/mol. The molecule has 0 saturated heterocycles. The molecule has 0 aliphatic rings. The van der Waals surface area contributed by atoms with E-state index in [4.69, 9.17) is 5.73 Å². The van der Waals surface area contributed by atoms with Crippen molar-refractivity contribution in [2.45, 2.75) is 50.0 Å². The number of unbranched alkanes of at least 4 members (excludes halogenated alkanes) is 1. The molecule has 0 bridgehead atoms. The van der Waals surface area contributed by atoms with Gasteiger partial charge in [0, 0.05) is 17.3 Å². The minimum Gasteiger partial charge on any atom is -0.368 e. The van der Waals surface area contributed by atoms with Gasteiger partial charge in [-0.05, 0) is 50.6 Å². The highest BCUT2D eigenvalue weighted by Crippen LogP contribution is 2.20. The van der Waals surface area contributed by atoms with E-state index in [1.54, 1.807) is 12.4 Å². The number of aromatic nitrogens is 1. The smallest absolute Gasteiger partial charge is 0.237 e. The van der Waals surface area contributed by atoms with E-state index in [1.165, 1.54) is 4.90 Å². The summed E-state index contributed by atoms with van der Waals surface area (Å²) in [6.07, 6.45) is 7.47. The van der Waals surface area contributed by atoms with Crippen LogP contribution in [-0.4, -0.2) is 28.7 Å². The van der Waals surface area contributed by atoms with Crippen LogP contribution >= 0.6 is 11.8 Å². The molecule has 20 heavy (non-hydrogen) atoms. The van der Waals surface area contributed by atoms with Crippen LogP contribution in [-0.2, 0) is 4.79 Å². The van der Waals surface area contributed by atoms with Crippen LogP contribution in [0.25, 0.3) is 0 Å². The third-order valence-corrected chi connectivity index (χ3v) is 4.40. The van der Waals surface area contributed by atoms with E-state index >= 15 is 0 Å². The number of nitrogens with two attached hydrogens (primary N) is 1. The molecule has 0 aliphatic heterocycles. The van der Waals surface area contributed by atoms with Crippen LogP contribution in [0.15, 0.2) is 29.4 Å². The van der Waals surface area contributed by atoms with Gasteiger partial charge in [-0.1, -0.05) is 13.3 Å². The molecule has 1 unspecified atom stereocenters. The normalized spacial score (nSPS) is 13.9. The summed E-state index contributed by atoms with van der Waals surface area (Å²) in [6, 6.07) is 4.03. The van der Waals surface area contributed by atoms with E-state index in [2.05, 4.69) is 17.2 Å². The third-order valence-electron chi connectivity index (χ3n) is 3.30. The number of carbonyl (C=O) groups is 1. The number of primary amides is 1. The Bertz CT molecular complexity index is 399. The van der Waals surface area contributed by atoms with Crippen LogP contribution in [0, 0.1) is 0 Å². The maximum absolute atomic E-state index is 11.6. The lowest BCUT2D eigenvalue weighted by Gasteiger charge is -2.27. The minimum absolute atomic E-state index is 0.257. The topological polar surface area (TPSA) is 68.0 Å². The molecule has 1 aromatic heterocycles. The van der Waals surface area contributed by atoms with E-state index in [0.717, 1.165) is 38.0 Å². The molecular weight excluding hydrogens is 270 g/mol. The molecule has 1 atom stereocenters. The van der Waals surface area contributed by atoms with Crippen molar-refractivity contribution in [1.82, 2.24) is 10.3 Å². The molecule has 1 aromatic rings. The van der Waals surface area contributed by atoms with E-state index in [0.29, 0.717) is 0 Å². The maximum atomic E-state index is 11.6. The summed E-state index contributed by atoms with van der Waals surface area (Å²) < 4.78 is 0. The third kappa shape index (κ3) is 5.92. The highest BCUT2D eigenvalue weighted by atomic mass is 32.2. The van der Waals surface area contributed by atoms with Crippen molar-refractivity contribution in [3.05, 3.63) is 24.5 Å². The monoisotopic (exact) mass is 295 g/mol. The minimum atomic E-state index is -0.572. The molecule has 0 spiro atoms. The standard InChI is InChI=1S/C15H25N3OS/c1-3-9-18-15(2,14(16)19)8-4-5-12-20-13-6-10-17-11-7-13/h6-7,10-11,18H,3-5,8-9,12H2,1-2H3,(H2,16,19). The van der Waals surface area contributed by atoms with E-state index in [1.807, 2.05) is 30.8 Å². The highest BCUT2D eigenvalue weighted by Gasteiger charge is 2.29. The van der Waals surface area contributed by atoms with Gasteiger partial charge in [-0.15, -0.1) is 11.8 Å². The number of hydrogen-bond acceptors (Lipinski definition) is 4. The fourth-order valence-corrected chi connectivity index (χ4v) is 2.80. The first-order valence-corrected chi connectivity index (χ1v) is 8.15. The second kappa shape index (κ2) is 8.97. The first kappa shape index (κ1) is 17.0. The Balaban J connectivity index is 2.25. The van der Waals surface area contributed by atoms with Gasteiger partial charge >= 0.3 is 0 Å². The van der Waals surface area contributed by atoms with Gasteiger partial charge in [0.05, 0.1) is 5.54 Å². The van der Waals surface area contributed by atoms with Gasteiger partial charge < -0.3 is 11.1 Å². The van der Waals surface area contributed by atoms with Crippen molar-refractivity contribution >= 4 is 17.7 Å². The Labute approximate surface area is 125 Å². The fourth-order valence-electron chi connectivity index (χ4n) is 1.90. The number of nitrogens with one attached hydrogen (secondary N) is 1. The van der Waals surface area contributed by atoms with E-state index < -0.39 is 5.54 Å². The molecule has 0 radical (unpaired) electrons. The van der Waals surface area contributed by atoms with Gasteiger partial charge in [0.1, 0.15) is 0 Å². The second-order valence-corrected chi connectivity index (χ2v) is 6.28. The van der Waals surface area contributed by atoms with Gasteiger partial charge in [-0.25, -0.2) is 0 Å². The van der Waals surface area contributed by atoms with E-state index in [9.17, 15) is 4.79 Å². The quantitative estimate of drug-likeness (QED) is 0.514.